The van der Waals surface area contributed by atoms with Crippen molar-refractivity contribution in [3.05, 3.63) is 78.1 Å². The minimum Gasteiger partial charge on any atom is -0.493 e. The second-order valence-corrected chi connectivity index (χ2v) is 7.84. The number of pyridine rings is 1. The Labute approximate surface area is 198 Å². The Hall–Kier alpha value is -4.20. The first-order valence-electron chi connectivity index (χ1n) is 11.0. The SMILES string of the molecule is CCNC(=O)NC(C)(c1ccccc1)c1cnc2ccc(-c3ccc(OC)c(OC)c3)nc2n1. The Morgan fingerprint density at radius 1 is 0.971 bits per heavy atom. The van der Waals surface area contributed by atoms with Gasteiger partial charge in [-0.05, 0) is 49.7 Å². The van der Waals surface area contributed by atoms with Gasteiger partial charge in [0.15, 0.2) is 17.1 Å². The number of nitrogens with zero attached hydrogens (tertiary/aromatic N) is 3. The fourth-order valence-electron chi connectivity index (χ4n) is 3.78. The van der Waals surface area contributed by atoms with E-state index >= 15 is 0 Å². The van der Waals surface area contributed by atoms with Crippen molar-refractivity contribution >= 4 is 17.2 Å². The van der Waals surface area contributed by atoms with Gasteiger partial charge in [0.2, 0.25) is 0 Å². The van der Waals surface area contributed by atoms with Crippen LogP contribution in [0.4, 0.5) is 4.79 Å². The third kappa shape index (κ3) is 4.47. The summed E-state index contributed by atoms with van der Waals surface area (Å²) in [5.41, 5.74) is 3.25. The molecule has 0 aliphatic carbocycles. The molecule has 2 amide bonds. The molecular formula is C26H27N5O3. The van der Waals surface area contributed by atoms with Gasteiger partial charge in [0, 0.05) is 12.1 Å². The number of ether oxygens (including phenoxy) is 2. The molecule has 0 bridgehead atoms. The lowest BCUT2D eigenvalue weighted by atomic mass is 9.88. The summed E-state index contributed by atoms with van der Waals surface area (Å²) in [7, 11) is 3.20. The Morgan fingerprint density at radius 3 is 2.44 bits per heavy atom. The van der Waals surface area contributed by atoms with E-state index in [1.54, 1.807) is 20.4 Å². The zero-order valence-corrected chi connectivity index (χ0v) is 19.6. The number of amides is 2. The number of carbonyl (C=O) groups excluding carboxylic acids is 1. The molecule has 4 rings (SSSR count). The summed E-state index contributed by atoms with van der Waals surface area (Å²) < 4.78 is 10.8. The van der Waals surface area contributed by atoms with Gasteiger partial charge in [0.25, 0.3) is 0 Å². The summed E-state index contributed by atoms with van der Waals surface area (Å²) in [5.74, 6) is 1.26. The number of aromatic nitrogens is 3. The molecule has 8 nitrogen and oxygen atoms in total. The van der Waals surface area contributed by atoms with Crippen LogP contribution < -0.4 is 20.1 Å². The predicted octanol–water partition coefficient (Wildman–Crippen LogP) is 4.29. The van der Waals surface area contributed by atoms with E-state index in [1.165, 1.54) is 0 Å². The number of rotatable bonds is 7. The number of carbonyl (C=O) groups is 1. The predicted molar refractivity (Wildman–Crippen MR) is 131 cm³/mol. The van der Waals surface area contributed by atoms with Crippen LogP contribution in [-0.4, -0.2) is 41.7 Å². The summed E-state index contributed by atoms with van der Waals surface area (Å²) in [6, 6.07) is 18.8. The molecule has 1 atom stereocenters. The molecule has 174 valence electrons. The number of fused-ring (bicyclic) bond motifs is 1. The highest BCUT2D eigenvalue weighted by Crippen LogP contribution is 2.33. The normalized spacial score (nSPS) is 12.6. The Morgan fingerprint density at radius 2 is 1.74 bits per heavy atom. The minimum atomic E-state index is -0.914. The lowest BCUT2D eigenvalue weighted by Crippen LogP contribution is -2.49. The van der Waals surface area contributed by atoms with Crippen LogP contribution in [-0.2, 0) is 5.54 Å². The molecule has 0 saturated carbocycles. The van der Waals surface area contributed by atoms with Gasteiger partial charge >= 0.3 is 6.03 Å². The van der Waals surface area contributed by atoms with Crippen LogP contribution in [0.2, 0.25) is 0 Å². The standard InChI is InChI=1S/C26H27N5O3/c1-5-27-25(32)31-26(2,18-9-7-6-8-10-18)23-16-28-20-13-12-19(29-24(20)30-23)17-11-14-21(33-3)22(15-17)34-4/h6-16H,5H2,1-4H3,(H2,27,31,32). The third-order valence-corrected chi connectivity index (χ3v) is 5.65. The van der Waals surface area contributed by atoms with E-state index in [1.807, 2.05) is 74.5 Å². The second kappa shape index (κ2) is 9.74. The molecule has 0 spiro atoms. The maximum absolute atomic E-state index is 12.5. The molecular weight excluding hydrogens is 430 g/mol. The summed E-state index contributed by atoms with van der Waals surface area (Å²) in [6.45, 7) is 4.29. The lowest BCUT2D eigenvalue weighted by Gasteiger charge is -2.30. The lowest BCUT2D eigenvalue weighted by molar-refractivity contribution is 0.232. The van der Waals surface area contributed by atoms with Gasteiger partial charge in [-0.15, -0.1) is 0 Å². The number of urea groups is 1. The van der Waals surface area contributed by atoms with Crippen molar-refractivity contribution in [1.82, 2.24) is 25.6 Å². The Balaban J connectivity index is 1.80. The first kappa shape index (κ1) is 23.0. The maximum Gasteiger partial charge on any atom is 0.315 e. The van der Waals surface area contributed by atoms with Crippen LogP contribution in [0.5, 0.6) is 11.5 Å². The molecule has 0 aliphatic heterocycles. The van der Waals surface area contributed by atoms with E-state index in [4.69, 9.17) is 19.4 Å². The van der Waals surface area contributed by atoms with Gasteiger partial charge in [0.1, 0.15) is 11.1 Å². The van der Waals surface area contributed by atoms with Gasteiger partial charge in [0.05, 0.1) is 31.8 Å². The highest BCUT2D eigenvalue weighted by Gasteiger charge is 2.33. The van der Waals surface area contributed by atoms with E-state index in [0.29, 0.717) is 34.9 Å². The number of benzene rings is 2. The molecule has 2 aromatic heterocycles. The van der Waals surface area contributed by atoms with Crippen LogP contribution in [0, 0.1) is 0 Å². The second-order valence-electron chi connectivity index (χ2n) is 7.84. The monoisotopic (exact) mass is 457 g/mol. The molecule has 0 radical (unpaired) electrons. The van der Waals surface area contributed by atoms with E-state index in [0.717, 1.165) is 16.8 Å². The summed E-state index contributed by atoms with van der Waals surface area (Å²) in [4.78, 5) is 26.7. The van der Waals surface area contributed by atoms with Crippen molar-refractivity contribution in [3.8, 4) is 22.8 Å². The van der Waals surface area contributed by atoms with Gasteiger partial charge in [-0.1, -0.05) is 30.3 Å². The van der Waals surface area contributed by atoms with Crippen molar-refractivity contribution in [2.75, 3.05) is 20.8 Å². The van der Waals surface area contributed by atoms with Gasteiger partial charge in [-0.3, -0.25) is 4.98 Å². The molecule has 2 aromatic carbocycles. The topological polar surface area (TPSA) is 98.3 Å². The number of hydrogen-bond donors (Lipinski definition) is 2. The van der Waals surface area contributed by atoms with Crippen LogP contribution in [0.15, 0.2) is 66.9 Å². The highest BCUT2D eigenvalue weighted by molar-refractivity contribution is 5.77. The summed E-state index contributed by atoms with van der Waals surface area (Å²) in [6.07, 6.45) is 1.68. The molecule has 8 heteroatoms. The van der Waals surface area contributed by atoms with Crippen molar-refractivity contribution in [2.24, 2.45) is 0 Å². The van der Waals surface area contributed by atoms with E-state index in [2.05, 4.69) is 15.6 Å². The van der Waals surface area contributed by atoms with Crippen LogP contribution in [0.25, 0.3) is 22.4 Å². The van der Waals surface area contributed by atoms with E-state index in [-0.39, 0.29) is 6.03 Å². The van der Waals surface area contributed by atoms with Gasteiger partial charge in [-0.2, -0.15) is 0 Å². The summed E-state index contributed by atoms with van der Waals surface area (Å²) >= 11 is 0. The molecule has 1 unspecified atom stereocenters. The zero-order valence-electron chi connectivity index (χ0n) is 19.6. The average Bonchev–Trinajstić information content (AvgIpc) is 2.88. The van der Waals surface area contributed by atoms with Crippen molar-refractivity contribution in [2.45, 2.75) is 19.4 Å². The Kier molecular flexibility index (Phi) is 6.58. The van der Waals surface area contributed by atoms with Crippen molar-refractivity contribution in [3.63, 3.8) is 0 Å². The maximum atomic E-state index is 12.5. The zero-order chi connectivity index (χ0) is 24.1. The van der Waals surface area contributed by atoms with Crippen LogP contribution in [0.1, 0.15) is 25.1 Å². The quantitative estimate of drug-likeness (QED) is 0.430. The first-order valence-corrected chi connectivity index (χ1v) is 11.0. The van der Waals surface area contributed by atoms with Crippen molar-refractivity contribution in [1.29, 1.82) is 0 Å². The minimum absolute atomic E-state index is 0.289. The molecule has 34 heavy (non-hydrogen) atoms. The fraction of sp³-hybridized carbons (Fsp3) is 0.231. The van der Waals surface area contributed by atoms with E-state index < -0.39 is 5.54 Å². The largest absolute Gasteiger partial charge is 0.493 e. The third-order valence-electron chi connectivity index (χ3n) is 5.65. The van der Waals surface area contributed by atoms with E-state index in [9.17, 15) is 4.79 Å². The fourth-order valence-corrected chi connectivity index (χ4v) is 3.78. The first-order chi connectivity index (χ1) is 16.5. The summed E-state index contributed by atoms with van der Waals surface area (Å²) in [5, 5.41) is 5.85. The molecule has 0 aliphatic rings. The number of hydrogen-bond acceptors (Lipinski definition) is 6. The number of methoxy groups -OCH3 is 2. The van der Waals surface area contributed by atoms with Gasteiger partial charge in [-0.25, -0.2) is 14.8 Å². The Bertz CT molecular complexity index is 1310. The molecule has 0 saturated heterocycles. The van der Waals surface area contributed by atoms with Gasteiger partial charge < -0.3 is 20.1 Å². The molecule has 4 aromatic rings. The molecule has 2 N–H and O–H groups in total. The van der Waals surface area contributed by atoms with Crippen molar-refractivity contribution < 1.29 is 14.3 Å². The average molecular weight is 458 g/mol. The smallest absolute Gasteiger partial charge is 0.315 e. The number of nitrogens with one attached hydrogen (secondary N) is 2. The van der Waals surface area contributed by atoms with Crippen LogP contribution >= 0.6 is 0 Å². The van der Waals surface area contributed by atoms with Crippen LogP contribution in [0.3, 0.4) is 0 Å². The molecule has 0 fully saturated rings. The molecule has 2 heterocycles. The highest BCUT2D eigenvalue weighted by atomic mass is 16.5.